The number of benzene rings is 2. The van der Waals surface area contributed by atoms with E-state index in [-0.39, 0.29) is 5.75 Å². The summed E-state index contributed by atoms with van der Waals surface area (Å²) in [5, 5.41) is 0. The Bertz CT molecular complexity index is 811. The first-order valence-corrected chi connectivity index (χ1v) is 8.71. The van der Waals surface area contributed by atoms with Gasteiger partial charge in [-0.2, -0.15) is 0 Å². The smallest absolute Gasteiger partial charge is 0.337 e. The fourth-order valence-corrected chi connectivity index (χ4v) is 3.28. The van der Waals surface area contributed by atoms with Crippen LogP contribution in [-0.4, -0.2) is 21.5 Å². The molecule has 122 valence electrons. The van der Waals surface area contributed by atoms with Gasteiger partial charge in [0.2, 0.25) is 10.0 Å². The van der Waals surface area contributed by atoms with Gasteiger partial charge in [0.05, 0.1) is 18.4 Å². The molecule has 0 heterocycles. The highest BCUT2D eigenvalue weighted by Crippen LogP contribution is 2.17. The summed E-state index contributed by atoms with van der Waals surface area (Å²) in [5.74, 6) is -0.617. The van der Waals surface area contributed by atoms with E-state index in [0.717, 1.165) is 11.1 Å². The molecule has 2 aromatic rings. The highest BCUT2D eigenvalue weighted by atomic mass is 32.2. The zero-order chi connectivity index (χ0) is 17.0. The van der Waals surface area contributed by atoms with Crippen molar-refractivity contribution in [2.45, 2.75) is 19.6 Å². The molecule has 0 aromatic heterocycles. The SMILES string of the molecule is COC(=O)c1ccc(CS(=O)(=O)Nc2ccc(C)c(C)c2)cc1. The van der Waals surface area contributed by atoms with Crippen molar-refractivity contribution in [3.05, 3.63) is 64.7 Å². The van der Waals surface area contributed by atoms with E-state index in [1.807, 2.05) is 19.9 Å². The van der Waals surface area contributed by atoms with Crippen LogP contribution in [0.1, 0.15) is 27.0 Å². The third kappa shape index (κ3) is 4.56. The number of carbonyl (C=O) groups is 1. The molecule has 0 bridgehead atoms. The highest BCUT2D eigenvalue weighted by Gasteiger charge is 2.13. The maximum absolute atomic E-state index is 12.2. The Balaban J connectivity index is 2.11. The lowest BCUT2D eigenvalue weighted by Crippen LogP contribution is -2.15. The molecule has 6 heteroatoms. The summed E-state index contributed by atoms with van der Waals surface area (Å²) in [5.41, 5.74) is 3.64. The largest absolute Gasteiger partial charge is 0.465 e. The topological polar surface area (TPSA) is 72.5 Å². The molecule has 0 saturated carbocycles. The van der Waals surface area contributed by atoms with Crippen molar-refractivity contribution in [3.63, 3.8) is 0 Å². The Morgan fingerprint density at radius 2 is 1.70 bits per heavy atom. The van der Waals surface area contributed by atoms with E-state index in [4.69, 9.17) is 0 Å². The Kier molecular flexibility index (Phi) is 5.05. The average molecular weight is 333 g/mol. The van der Waals surface area contributed by atoms with Crippen molar-refractivity contribution in [2.24, 2.45) is 0 Å². The van der Waals surface area contributed by atoms with Gasteiger partial charge in [0, 0.05) is 5.69 Å². The lowest BCUT2D eigenvalue weighted by molar-refractivity contribution is 0.0600. The third-order valence-electron chi connectivity index (χ3n) is 3.51. The quantitative estimate of drug-likeness (QED) is 0.854. The average Bonchev–Trinajstić information content (AvgIpc) is 2.50. The first kappa shape index (κ1) is 17.0. The Morgan fingerprint density at radius 1 is 1.04 bits per heavy atom. The molecule has 0 saturated heterocycles. The van der Waals surface area contributed by atoms with Gasteiger partial charge in [0.25, 0.3) is 0 Å². The minimum Gasteiger partial charge on any atom is -0.465 e. The van der Waals surface area contributed by atoms with E-state index in [2.05, 4.69) is 9.46 Å². The van der Waals surface area contributed by atoms with Crippen LogP contribution in [0.2, 0.25) is 0 Å². The number of sulfonamides is 1. The molecule has 0 spiro atoms. The van der Waals surface area contributed by atoms with E-state index in [0.29, 0.717) is 16.8 Å². The molecule has 0 atom stereocenters. The van der Waals surface area contributed by atoms with Gasteiger partial charge in [0.1, 0.15) is 0 Å². The molecule has 0 aliphatic heterocycles. The van der Waals surface area contributed by atoms with Gasteiger partial charge in [-0.15, -0.1) is 0 Å². The molecule has 2 rings (SSSR count). The normalized spacial score (nSPS) is 11.1. The molecule has 0 amide bonds. The van der Waals surface area contributed by atoms with Crippen molar-refractivity contribution in [3.8, 4) is 0 Å². The second kappa shape index (κ2) is 6.83. The van der Waals surface area contributed by atoms with Crippen molar-refractivity contribution >= 4 is 21.7 Å². The number of hydrogen-bond donors (Lipinski definition) is 1. The molecular formula is C17H19NO4S. The van der Waals surface area contributed by atoms with Crippen LogP contribution in [0.25, 0.3) is 0 Å². The molecule has 0 radical (unpaired) electrons. The van der Waals surface area contributed by atoms with Crippen LogP contribution in [0, 0.1) is 13.8 Å². The fraction of sp³-hybridized carbons (Fsp3) is 0.235. The van der Waals surface area contributed by atoms with E-state index in [9.17, 15) is 13.2 Å². The van der Waals surface area contributed by atoms with Crippen LogP contribution in [0.5, 0.6) is 0 Å². The lowest BCUT2D eigenvalue weighted by Gasteiger charge is -2.10. The molecule has 0 fully saturated rings. The zero-order valence-electron chi connectivity index (χ0n) is 13.3. The molecule has 0 unspecified atom stereocenters. The summed E-state index contributed by atoms with van der Waals surface area (Å²) in [4.78, 5) is 11.4. The number of nitrogens with one attached hydrogen (secondary N) is 1. The standard InChI is InChI=1S/C17H19NO4S/c1-12-4-9-16(10-13(12)2)18-23(20,21)11-14-5-7-15(8-6-14)17(19)22-3/h4-10,18H,11H2,1-3H3. The predicted octanol–water partition coefficient (Wildman–Crippen LogP) is 3.03. The van der Waals surface area contributed by atoms with Crippen molar-refractivity contribution < 1.29 is 17.9 Å². The maximum Gasteiger partial charge on any atom is 0.337 e. The number of ether oxygens (including phenoxy) is 1. The van der Waals surface area contributed by atoms with Crippen LogP contribution in [0.3, 0.4) is 0 Å². The van der Waals surface area contributed by atoms with Gasteiger partial charge in [-0.25, -0.2) is 13.2 Å². The second-order valence-electron chi connectivity index (χ2n) is 5.35. The molecule has 2 aromatic carbocycles. The number of anilines is 1. The maximum atomic E-state index is 12.2. The van der Waals surface area contributed by atoms with Crippen LogP contribution >= 0.6 is 0 Å². The van der Waals surface area contributed by atoms with E-state index in [1.54, 1.807) is 36.4 Å². The predicted molar refractivity (Wildman–Crippen MR) is 89.9 cm³/mol. The zero-order valence-corrected chi connectivity index (χ0v) is 14.1. The summed E-state index contributed by atoms with van der Waals surface area (Å²) < 4.78 is 31.6. The number of aryl methyl sites for hydroxylation is 2. The van der Waals surface area contributed by atoms with Crippen LogP contribution in [0.4, 0.5) is 5.69 Å². The van der Waals surface area contributed by atoms with Crippen LogP contribution in [-0.2, 0) is 20.5 Å². The van der Waals surface area contributed by atoms with Crippen molar-refractivity contribution in [1.29, 1.82) is 0 Å². The van der Waals surface area contributed by atoms with Crippen LogP contribution in [0.15, 0.2) is 42.5 Å². The molecule has 5 nitrogen and oxygen atoms in total. The molecular weight excluding hydrogens is 314 g/mol. The Morgan fingerprint density at radius 3 is 2.26 bits per heavy atom. The number of carbonyl (C=O) groups excluding carboxylic acids is 1. The summed E-state index contributed by atoms with van der Waals surface area (Å²) in [6, 6.07) is 11.7. The summed E-state index contributed by atoms with van der Waals surface area (Å²) >= 11 is 0. The summed E-state index contributed by atoms with van der Waals surface area (Å²) in [6.07, 6.45) is 0. The minimum absolute atomic E-state index is 0.165. The van der Waals surface area contributed by atoms with E-state index in [1.165, 1.54) is 7.11 Å². The third-order valence-corrected chi connectivity index (χ3v) is 4.77. The van der Waals surface area contributed by atoms with Gasteiger partial charge in [-0.3, -0.25) is 4.72 Å². The number of esters is 1. The summed E-state index contributed by atoms with van der Waals surface area (Å²) in [6.45, 7) is 3.90. The molecule has 23 heavy (non-hydrogen) atoms. The Labute approximate surface area is 136 Å². The van der Waals surface area contributed by atoms with Gasteiger partial charge < -0.3 is 4.74 Å². The first-order chi connectivity index (χ1) is 10.8. The van der Waals surface area contributed by atoms with Crippen LogP contribution < -0.4 is 4.72 Å². The number of methoxy groups -OCH3 is 1. The molecule has 0 aliphatic carbocycles. The first-order valence-electron chi connectivity index (χ1n) is 7.06. The van der Waals surface area contributed by atoms with Crippen molar-refractivity contribution in [1.82, 2.24) is 0 Å². The van der Waals surface area contributed by atoms with Gasteiger partial charge in [-0.1, -0.05) is 18.2 Å². The molecule has 1 N–H and O–H groups in total. The van der Waals surface area contributed by atoms with E-state index < -0.39 is 16.0 Å². The number of rotatable bonds is 5. The minimum atomic E-state index is -3.52. The summed E-state index contributed by atoms with van der Waals surface area (Å²) in [7, 11) is -2.22. The Hall–Kier alpha value is -2.34. The monoisotopic (exact) mass is 333 g/mol. The number of hydrogen-bond acceptors (Lipinski definition) is 4. The molecule has 0 aliphatic rings. The highest BCUT2D eigenvalue weighted by molar-refractivity contribution is 7.91. The lowest BCUT2D eigenvalue weighted by atomic mass is 10.1. The van der Waals surface area contributed by atoms with Gasteiger partial charge >= 0.3 is 5.97 Å². The van der Waals surface area contributed by atoms with E-state index >= 15 is 0 Å². The second-order valence-corrected chi connectivity index (χ2v) is 7.07. The van der Waals surface area contributed by atoms with Gasteiger partial charge in [0.15, 0.2) is 0 Å². The fourth-order valence-electron chi connectivity index (χ4n) is 2.09. The van der Waals surface area contributed by atoms with Crippen molar-refractivity contribution in [2.75, 3.05) is 11.8 Å². The van der Waals surface area contributed by atoms with Gasteiger partial charge in [-0.05, 0) is 54.8 Å².